The molecule has 0 bridgehead atoms. The van der Waals surface area contributed by atoms with Gasteiger partial charge < -0.3 is 5.73 Å². The van der Waals surface area contributed by atoms with E-state index in [2.05, 4.69) is 4.98 Å². The number of rotatable bonds is 7. The smallest absolute Gasteiger partial charge is 0.188 e. The van der Waals surface area contributed by atoms with Crippen LogP contribution in [0.5, 0.6) is 0 Å². The highest BCUT2D eigenvalue weighted by Crippen LogP contribution is 2.17. The molecule has 1 aromatic heterocycles. The fraction of sp³-hybridized carbons (Fsp3) is 0.545. The summed E-state index contributed by atoms with van der Waals surface area (Å²) < 4.78 is 0. The summed E-state index contributed by atoms with van der Waals surface area (Å²) in [5.74, 6) is 0.963. The van der Waals surface area contributed by atoms with Crippen molar-refractivity contribution in [2.24, 2.45) is 5.73 Å². The Morgan fingerprint density at radius 1 is 1.59 bits per heavy atom. The van der Waals surface area contributed by atoms with Gasteiger partial charge >= 0.3 is 0 Å². The summed E-state index contributed by atoms with van der Waals surface area (Å²) in [4.78, 5) is 16.9. The van der Waals surface area contributed by atoms with E-state index in [9.17, 15) is 4.79 Å². The molecule has 17 heavy (non-hydrogen) atoms. The number of hydrogen-bond donors (Lipinski definition) is 2. The number of thiazole rings is 1. The first-order chi connectivity index (χ1) is 8.09. The average molecular weight is 271 g/mol. The number of carbonyl (C=O) groups excluding carboxylic acids is 1. The molecule has 6 heteroatoms. The SMILES string of the molecule is Cc1ncsc1CCSC(=O)CCCC(=N)N. The summed E-state index contributed by atoms with van der Waals surface area (Å²) in [6, 6.07) is 0. The van der Waals surface area contributed by atoms with Crippen LogP contribution in [-0.4, -0.2) is 21.7 Å². The normalized spacial score (nSPS) is 10.4. The quantitative estimate of drug-likeness (QED) is 0.589. The molecule has 0 aromatic carbocycles. The molecule has 0 aliphatic heterocycles. The van der Waals surface area contributed by atoms with E-state index in [1.54, 1.807) is 11.3 Å². The van der Waals surface area contributed by atoms with Crippen LogP contribution in [0, 0.1) is 12.3 Å². The Morgan fingerprint density at radius 2 is 2.35 bits per heavy atom. The summed E-state index contributed by atoms with van der Waals surface area (Å²) in [6.07, 6.45) is 2.60. The number of hydrogen-bond acceptors (Lipinski definition) is 5. The highest BCUT2D eigenvalue weighted by molar-refractivity contribution is 8.13. The Bertz CT molecular complexity index is 390. The molecule has 0 fully saturated rings. The summed E-state index contributed by atoms with van der Waals surface area (Å²) >= 11 is 3.01. The van der Waals surface area contributed by atoms with Crippen LogP contribution in [0.15, 0.2) is 5.51 Å². The van der Waals surface area contributed by atoms with Crippen LogP contribution < -0.4 is 5.73 Å². The number of carbonyl (C=O) groups is 1. The van der Waals surface area contributed by atoms with Gasteiger partial charge in [-0.25, -0.2) is 4.98 Å². The van der Waals surface area contributed by atoms with Gasteiger partial charge in [0.15, 0.2) is 5.12 Å². The van der Waals surface area contributed by atoms with Gasteiger partial charge in [0, 0.05) is 23.5 Å². The van der Waals surface area contributed by atoms with Gasteiger partial charge in [0.05, 0.1) is 17.0 Å². The van der Waals surface area contributed by atoms with Crippen molar-refractivity contribution in [3.05, 3.63) is 16.1 Å². The van der Waals surface area contributed by atoms with Crippen LogP contribution in [0.3, 0.4) is 0 Å². The van der Waals surface area contributed by atoms with Crippen molar-refractivity contribution in [1.82, 2.24) is 4.98 Å². The third-order valence-corrected chi connectivity index (χ3v) is 4.19. The van der Waals surface area contributed by atoms with E-state index < -0.39 is 0 Å². The lowest BCUT2D eigenvalue weighted by Gasteiger charge is -2.00. The van der Waals surface area contributed by atoms with Crippen LogP contribution in [0.2, 0.25) is 0 Å². The Hall–Kier alpha value is -0.880. The van der Waals surface area contributed by atoms with Crippen LogP contribution in [0.4, 0.5) is 0 Å². The van der Waals surface area contributed by atoms with Crippen molar-refractivity contribution in [2.75, 3.05) is 5.75 Å². The summed E-state index contributed by atoms with van der Waals surface area (Å²) in [7, 11) is 0. The first kappa shape index (κ1) is 14.2. The van der Waals surface area contributed by atoms with Crippen molar-refractivity contribution in [2.45, 2.75) is 32.6 Å². The van der Waals surface area contributed by atoms with Crippen molar-refractivity contribution in [3.8, 4) is 0 Å². The largest absolute Gasteiger partial charge is 0.388 e. The Kier molecular flexibility index (Phi) is 6.21. The molecule has 0 saturated heterocycles. The minimum absolute atomic E-state index is 0.156. The molecule has 3 N–H and O–H groups in total. The second-order valence-electron chi connectivity index (χ2n) is 3.71. The average Bonchev–Trinajstić information content (AvgIpc) is 2.64. The second kappa shape index (κ2) is 7.45. The number of thioether (sulfide) groups is 1. The first-order valence-corrected chi connectivity index (χ1v) is 7.33. The lowest BCUT2D eigenvalue weighted by Crippen LogP contribution is -2.09. The minimum atomic E-state index is 0.156. The van der Waals surface area contributed by atoms with E-state index in [1.165, 1.54) is 16.6 Å². The number of aromatic nitrogens is 1. The van der Waals surface area contributed by atoms with E-state index in [-0.39, 0.29) is 11.0 Å². The molecule has 0 aliphatic carbocycles. The fourth-order valence-electron chi connectivity index (χ4n) is 1.32. The summed E-state index contributed by atoms with van der Waals surface area (Å²) in [6.45, 7) is 1.99. The molecule has 0 amide bonds. The van der Waals surface area contributed by atoms with E-state index in [4.69, 9.17) is 11.1 Å². The van der Waals surface area contributed by atoms with Gasteiger partial charge in [-0.05, 0) is 19.8 Å². The zero-order valence-electron chi connectivity index (χ0n) is 9.86. The predicted molar refractivity (Wildman–Crippen MR) is 73.8 cm³/mol. The van der Waals surface area contributed by atoms with Crippen LogP contribution in [0.25, 0.3) is 0 Å². The van der Waals surface area contributed by atoms with Crippen molar-refractivity contribution in [3.63, 3.8) is 0 Å². The Morgan fingerprint density at radius 3 is 2.94 bits per heavy atom. The molecule has 0 saturated carbocycles. The van der Waals surface area contributed by atoms with Gasteiger partial charge in [0.2, 0.25) is 0 Å². The maximum Gasteiger partial charge on any atom is 0.188 e. The van der Waals surface area contributed by atoms with Gasteiger partial charge in [-0.3, -0.25) is 10.2 Å². The maximum atomic E-state index is 11.5. The van der Waals surface area contributed by atoms with Crippen molar-refractivity contribution in [1.29, 1.82) is 5.41 Å². The van der Waals surface area contributed by atoms with Crippen LogP contribution >= 0.6 is 23.1 Å². The van der Waals surface area contributed by atoms with Crippen molar-refractivity contribution < 1.29 is 4.79 Å². The molecule has 1 heterocycles. The highest BCUT2D eigenvalue weighted by Gasteiger charge is 2.05. The third kappa shape index (κ3) is 5.83. The van der Waals surface area contributed by atoms with Gasteiger partial charge in [0.25, 0.3) is 0 Å². The zero-order chi connectivity index (χ0) is 12.7. The molecule has 0 aliphatic rings. The lowest BCUT2D eigenvalue weighted by molar-refractivity contribution is -0.111. The molecule has 1 aromatic rings. The molecular weight excluding hydrogens is 254 g/mol. The zero-order valence-corrected chi connectivity index (χ0v) is 11.5. The van der Waals surface area contributed by atoms with Gasteiger partial charge in [-0.2, -0.15) is 0 Å². The monoisotopic (exact) mass is 271 g/mol. The number of nitrogens with one attached hydrogen (secondary N) is 1. The van der Waals surface area contributed by atoms with Crippen molar-refractivity contribution >= 4 is 34.0 Å². The van der Waals surface area contributed by atoms with E-state index in [0.717, 1.165) is 17.9 Å². The number of aryl methyl sites for hydroxylation is 2. The molecule has 4 nitrogen and oxygen atoms in total. The van der Waals surface area contributed by atoms with Gasteiger partial charge in [-0.15, -0.1) is 11.3 Å². The van der Waals surface area contributed by atoms with E-state index in [0.29, 0.717) is 19.3 Å². The summed E-state index contributed by atoms with van der Waals surface area (Å²) in [5.41, 5.74) is 8.13. The Balaban J connectivity index is 2.12. The first-order valence-electron chi connectivity index (χ1n) is 5.47. The molecule has 0 radical (unpaired) electrons. The molecule has 1 rings (SSSR count). The standard InChI is InChI=1S/C11H17N3OS2/c1-8-9(17-7-14-8)5-6-16-11(15)4-2-3-10(12)13/h7H,2-6H2,1H3,(H3,12,13). The maximum absolute atomic E-state index is 11.5. The Labute approximate surface area is 110 Å². The van der Waals surface area contributed by atoms with E-state index in [1.807, 2.05) is 12.4 Å². The number of nitrogens with zero attached hydrogens (tertiary/aromatic N) is 1. The molecule has 0 atom stereocenters. The summed E-state index contributed by atoms with van der Waals surface area (Å²) in [5, 5.41) is 7.24. The van der Waals surface area contributed by atoms with Gasteiger partial charge in [-0.1, -0.05) is 11.8 Å². The molecular formula is C11H17N3OS2. The second-order valence-corrected chi connectivity index (χ2v) is 5.80. The van der Waals surface area contributed by atoms with E-state index >= 15 is 0 Å². The molecule has 0 unspecified atom stereocenters. The number of nitrogens with two attached hydrogens (primary N) is 1. The topological polar surface area (TPSA) is 79.8 Å². The molecule has 0 spiro atoms. The lowest BCUT2D eigenvalue weighted by atomic mass is 10.2. The highest BCUT2D eigenvalue weighted by atomic mass is 32.2. The van der Waals surface area contributed by atoms with Crippen LogP contribution in [0.1, 0.15) is 29.8 Å². The number of amidine groups is 1. The predicted octanol–water partition coefficient (Wildman–Crippen LogP) is 2.36. The van der Waals surface area contributed by atoms with Crippen LogP contribution in [-0.2, 0) is 11.2 Å². The third-order valence-electron chi connectivity index (χ3n) is 2.26. The van der Waals surface area contributed by atoms with Gasteiger partial charge in [0.1, 0.15) is 0 Å². The minimum Gasteiger partial charge on any atom is -0.388 e. The fourth-order valence-corrected chi connectivity index (χ4v) is 3.05. The molecule has 94 valence electrons.